The number of methoxy groups -OCH3 is 1. The van der Waals surface area contributed by atoms with Gasteiger partial charge in [-0.3, -0.25) is 9.59 Å². The smallest absolute Gasteiger partial charge is 0.354 e. The molecular weight excluding hydrogens is 392 g/mol. The molecule has 0 aliphatic carbocycles. The van der Waals surface area contributed by atoms with Crippen LogP contribution < -0.4 is 0 Å². The molecule has 0 bridgehead atoms. The van der Waals surface area contributed by atoms with Crippen molar-refractivity contribution in [2.45, 2.75) is 40.2 Å². The summed E-state index contributed by atoms with van der Waals surface area (Å²) in [6.45, 7) is 7.59. The zero-order chi connectivity index (χ0) is 21.9. The second-order valence-electron chi connectivity index (χ2n) is 7.03. The fourth-order valence-corrected chi connectivity index (χ4v) is 3.77. The van der Waals surface area contributed by atoms with Gasteiger partial charge in [-0.15, -0.1) is 0 Å². The topological polar surface area (TPSA) is 68.6 Å². The van der Waals surface area contributed by atoms with Crippen LogP contribution >= 0.6 is 11.6 Å². The monoisotopic (exact) mass is 418 g/mol. The number of rotatable bonds is 7. The molecule has 0 fully saturated rings. The summed E-state index contributed by atoms with van der Waals surface area (Å²) in [5, 5.41) is 0.462. The predicted octanol–water partition coefficient (Wildman–Crippen LogP) is 4.21. The molecule has 1 heterocycles. The maximum atomic E-state index is 13.4. The van der Waals surface area contributed by atoms with Crippen LogP contribution in [0.3, 0.4) is 0 Å². The van der Waals surface area contributed by atoms with Crippen LogP contribution in [0.1, 0.15) is 62.7 Å². The molecule has 1 atom stereocenters. The van der Waals surface area contributed by atoms with Crippen LogP contribution in [-0.4, -0.2) is 46.8 Å². The molecule has 29 heavy (non-hydrogen) atoms. The Morgan fingerprint density at radius 3 is 2.45 bits per heavy atom. The van der Waals surface area contributed by atoms with Gasteiger partial charge in [-0.05, 0) is 51.0 Å². The number of ketones is 1. The molecule has 7 heteroatoms. The van der Waals surface area contributed by atoms with E-state index in [0.29, 0.717) is 46.1 Å². The van der Waals surface area contributed by atoms with E-state index in [0.717, 1.165) is 0 Å². The van der Waals surface area contributed by atoms with Gasteiger partial charge in [0.2, 0.25) is 0 Å². The Kier molecular flexibility index (Phi) is 7.25. The summed E-state index contributed by atoms with van der Waals surface area (Å²) in [5.74, 6) is -0.968. The maximum absolute atomic E-state index is 13.4. The summed E-state index contributed by atoms with van der Waals surface area (Å²) in [6, 6.07) is 5.98. The molecule has 0 aliphatic heterocycles. The van der Waals surface area contributed by atoms with Crippen LogP contribution in [0.25, 0.3) is 0 Å². The Labute approximate surface area is 176 Å². The molecule has 2 rings (SSSR count). The van der Waals surface area contributed by atoms with Gasteiger partial charge in [0.25, 0.3) is 5.91 Å². The number of carbonyl (C=O) groups is 3. The van der Waals surface area contributed by atoms with E-state index in [2.05, 4.69) is 0 Å². The third-order valence-corrected chi connectivity index (χ3v) is 5.43. The van der Waals surface area contributed by atoms with Crippen molar-refractivity contribution in [1.82, 2.24) is 9.47 Å². The van der Waals surface area contributed by atoms with Crippen molar-refractivity contribution in [3.63, 3.8) is 0 Å². The predicted molar refractivity (Wildman–Crippen MR) is 113 cm³/mol. The standard InChI is InChI=1S/C22H27ClN2O4/c1-7-11-25(21(27)16-9-8-10-17(23)12-16)15(4)20(26)18-13(2)19(22(28)29-6)24(5)14(18)3/h8-10,12,15H,7,11H2,1-6H3/t15-/m1/s1. The van der Waals surface area contributed by atoms with Crippen molar-refractivity contribution in [3.8, 4) is 0 Å². The Bertz CT molecular complexity index is 949. The molecule has 0 unspecified atom stereocenters. The van der Waals surface area contributed by atoms with Gasteiger partial charge < -0.3 is 14.2 Å². The number of hydrogen-bond acceptors (Lipinski definition) is 4. The summed E-state index contributed by atoms with van der Waals surface area (Å²) in [7, 11) is 3.03. The van der Waals surface area contributed by atoms with Gasteiger partial charge in [-0.25, -0.2) is 4.79 Å². The summed E-state index contributed by atoms with van der Waals surface area (Å²) in [5.41, 5.74) is 2.43. The van der Waals surface area contributed by atoms with E-state index in [9.17, 15) is 14.4 Å². The minimum atomic E-state index is -0.702. The Morgan fingerprint density at radius 2 is 1.90 bits per heavy atom. The lowest BCUT2D eigenvalue weighted by Gasteiger charge is -2.28. The average Bonchev–Trinajstić information content (AvgIpc) is 2.92. The fourth-order valence-electron chi connectivity index (χ4n) is 3.58. The van der Waals surface area contributed by atoms with Crippen molar-refractivity contribution >= 4 is 29.3 Å². The summed E-state index contributed by atoms with van der Waals surface area (Å²) < 4.78 is 6.51. The first-order valence-electron chi connectivity index (χ1n) is 9.50. The van der Waals surface area contributed by atoms with Gasteiger partial charge >= 0.3 is 5.97 Å². The van der Waals surface area contributed by atoms with Crippen molar-refractivity contribution in [2.75, 3.05) is 13.7 Å². The van der Waals surface area contributed by atoms with E-state index >= 15 is 0 Å². The molecule has 0 saturated heterocycles. The number of nitrogens with zero attached hydrogens (tertiary/aromatic N) is 2. The highest BCUT2D eigenvalue weighted by Crippen LogP contribution is 2.25. The first-order valence-corrected chi connectivity index (χ1v) is 9.88. The van der Waals surface area contributed by atoms with Gasteiger partial charge in [-0.2, -0.15) is 0 Å². The lowest BCUT2D eigenvalue weighted by molar-refractivity contribution is 0.0588. The number of benzene rings is 1. The quantitative estimate of drug-likeness (QED) is 0.499. The van der Waals surface area contributed by atoms with Crippen LogP contribution in [0, 0.1) is 13.8 Å². The number of amides is 1. The molecule has 0 aliphatic rings. The van der Waals surface area contributed by atoms with Crippen LogP contribution in [0.15, 0.2) is 24.3 Å². The minimum Gasteiger partial charge on any atom is -0.464 e. The number of ether oxygens (including phenoxy) is 1. The molecule has 6 nitrogen and oxygen atoms in total. The van der Waals surface area contributed by atoms with E-state index in [4.69, 9.17) is 16.3 Å². The van der Waals surface area contributed by atoms with Crippen LogP contribution in [-0.2, 0) is 11.8 Å². The molecule has 0 N–H and O–H groups in total. The van der Waals surface area contributed by atoms with Gasteiger partial charge in [0.05, 0.1) is 13.2 Å². The molecule has 1 aromatic heterocycles. The van der Waals surface area contributed by atoms with Crippen LogP contribution in [0.4, 0.5) is 0 Å². The number of esters is 1. The van der Waals surface area contributed by atoms with Gasteiger partial charge in [0, 0.05) is 35.4 Å². The molecular formula is C22H27ClN2O4. The van der Waals surface area contributed by atoms with E-state index in [1.807, 2.05) is 6.92 Å². The van der Waals surface area contributed by atoms with Crippen molar-refractivity contribution < 1.29 is 19.1 Å². The fraction of sp³-hybridized carbons (Fsp3) is 0.409. The van der Waals surface area contributed by atoms with Gasteiger partial charge in [-0.1, -0.05) is 24.6 Å². The van der Waals surface area contributed by atoms with Crippen molar-refractivity contribution in [1.29, 1.82) is 0 Å². The third-order valence-electron chi connectivity index (χ3n) is 5.20. The summed E-state index contributed by atoms with van der Waals surface area (Å²) >= 11 is 6.03. The molecule has 0 spiro atoms. The van der Waals surface area contributed by atoms with E-state index < -0.39 is 12.0 Å². The largest absolute Gasteiger partial charge is 0.464 e. The average molecular weight is 419 g/mol. The number of halogens is 1. The molecule has 156 valence electrons. The van der Waals surface area contributed by atoms with Crippen LogP contribution in [0.2, 0.25) is 5.02 Å². The van der Waals surface area contributed by atoms with Gasteiger partial charge in [0.15, 0.2) is 5.78 Å². The second-order valence-corrected chi connectivity index (χ2v) is 7.47. The van der Waals surface area contributed by atoms with E-state index in [1.54, 1.807) is 61.6 Å². The third kappa shape index (κ3) is 4.37. The lowest BCUT2D eigenvalue weighted by atomic mass is 9.99. The lowest BCUT2D eigenvalue weighted by Crippen LogP contribution is -2.44. The zero-order valence-electron chi connectivity index (χ0n) is 17.7. The van der Waals surface area contributed by atoms with Crippen molar-refractivity contribution in [3.05, 3.63) is 57.4 Å². The highest BCUT2D eigenvalue weighted by molar-refractivity contribution is 6.31. The van der Waals surface area contributed by atoms with Crippen molar-refractivity contribution in [2.24, 2.45) is 7.05 Å². The molecule has 0 radical (unpaired) electrons. The SMILES string of the molecule is CCCN(C(=O)c1cccc(Cl)c1)[C@H](C)C(=O)c1c(C)c(C(=O)OC)n(C)c1C. The number of hydrogen-bond donors (Lipinski definition) is 0. The van der Waals surface area contributed by atoms with E-state index in [1.165, 1.54) is 7.11 Å². The zero-order valence-corrected chi connectivity index (χ0v) is 18.5. The normalized spacial score (nSPS) is 11.8. The van der Waals surface area contributed by atoms with Crippen LogP contribution in [0.5, 0.6) is 0 Å². The Morgan fingerprint density at radius 1 is 1.24 bits per heavy atom. The summed E-state index contributed by atoms with van der Waals surface area (Å²) in [4.78, 5) is 40.2. The first kappa shape index (κ1) is 22.7. The number of aromatic nitrogens is 1. The Balaban J connectivity index is 2.45. The highest BCUT2D eigenvalue weighted by atomic mass is 35.5. The highest BCUT2D eigenvalue weighted by Gasteiger charge is 2.32. The number of carbonyl (C=O) groups excluding carboxylic acids is 3. The first-order chi connectivity index (χ1) is 13.6. The molecule has 1 aromatic carbocycles. The second kappa shape index (κ2) is 9.27. The van der Waals surface area contributed by atoms with Gasteiger partial charge in [0.1, 0.15) is 5.69 Å². The maximum Gasteiger partial charge on any atom is 0.354 e. The summed E-state index contributed by atoms with van der Waals surface area (Å²) in [6.07, 6.45) is 0.699. The molecule has 0 saturated carbocycles. The Hall–Kier alpha value is -2.60. The molecule has 2 aromatic rings. The molecule has 1 amide bonds. The van der Waals surface area contributed by atoms with E-state index in [-0.39, 0.29) is 11.7 Å². The minimum absolute atomic E-state index is 0.213. The number of Topliss-reactive ketones (excluding diaryl/α,β-unsaturated/α-hetero) is 1.